The molecule has 0 spiro atoms. The monoisotopic (exact) mass is 156 g/mol. The molecule has 0 radical (unpaired) electrons. The average Bonchev–Trinajstić information content (AvgIpc) is 1.99. The molecule has 0 fully saturated rings. The van der Waals surface area contributed by atoms with E-state index in [4.69, 9.17) is 4.74 Å². The van der Waals surface area contributed by atoms with Crippen molar-refractivity contribution in [2.45, 2.75) is 13.3 Å². The third-order valence-corrected chi connectivity index (χ3v) is 1.38. The van der Waals surface area contributed by atoms with Crippen molar-refractivity contribution >= 4 is 0 Å². The van der Waals surface area contributed by atoms with Crippen LogP contribution in [-0.2, 0) is 4.74 Å². The Labute approximate surface area is 66.9 Å². The van der Waals surface area contributed by atoms with Gasteiger partial charge in [-0.25, -0.2) is 4.39 Å². The predicted octanol–water partition coefficient (Wildman–Crippen LogP) is 2.97. The van der Waals surface area contributed by atoms with E-state index < -0.39 is 5.83 Å². The van der Waals surface area contributed by atoms with Crippen LogP contribution in [0.2, 0.25) is 0 Å². The highest BCUT2D eigenvalue weighted by Crippen LogP contribution is 2.18. The molecule has 0 N–H and O–H groups in total. The van der Waals surface area contributed by atoms with Gasteiger partial charge in [-0.2, -0.15) is 0 Å². The summed E-state index contributed by atoms with van der Waals surface area (Å²) in [6.07, 6.45) is 2.04. The molecule has 0 saturated carbocycles. The van der Waals surface area contributed by atoms with E-state index in [1.165, 1.54) is 13.2 Å². The van der Waals surface area contributed by atoms with Gasteiger partial charge in [0.2, 0.25) is 0 Å². The van der Waals surface area contributed by atoms with E-state index in [2.05, 4.69) is 13.2 Å². The normalized spacial score (nSPS) is 11.9. The lowest BCUT2D eigenvalue weighted by Crippen LogP contribution is -1.91. The van der Waals surface area contributed by atoms with Gasteiger partial charge < -0.3 is 4.74 Å². The van der Waals surface area contributed by atoms with Crippen molar-refractivity contribution in [3.63, 3.8) is 0 Å². The molecule has 0 bridgehead atoms. The molecule has 2 heteroatoms. The first-order valence-corrected chi connectivity index (χ1v) is 3.41. The molecule has 0 heterocycles. The molecule has 0 aliphatic heterocycles. The summed E-state index contributed by atoms with van der Waals surface area (Å²) in [5.41, 5.74) is 0.475. The van der Waals surface area contributed by atoms with Crippen LogP contribution in [0, 0.1) is 0 Å². The number of hydrogen-bond acceptors (Lipinski definition) is 1. The van der Waals surface area contributed by atoms with Gasteiger partial charge in [0.25, 0.3) is 0 Å². The van der Waals surface area contributed by atoms with Crippen molar-refractivity contribution in [1.29, 1.82) is 0 Å². The molecule has 0 unspecified atom stereocenters. The highest BCUT2D eigenvalue weighted by molar-refractivity contribution is 5.30. The van der Waals surface area contributed by atoms with Crippen LogP contribution in [-0.4, -0.2) is 7.11 Å². The minimum atomic E-state index is -0.454. The van der Waals surface area contributed by atoms with E-state index in [1.54, 1.807) is 0 Å². The first-order chi connectivity index (χ1) is 5.17. The Morgan fingerprint density at radius 3 is 2.27 bits per heavy atom. The molecule has 0 aliphatic rings. The van der Waals surface area contributed by atoms with Crippen molar-refractivity contribution in [2.75, 3.05) is 7.11 Å². The lowest BCUT2D eigenvalue weighted by atomic mass is 10.1. The third-order valence-electron chi connectivity index (χ3n) is 1.38. The standard InChI is InChI=1S/C9H13FO/c1-5-8(7(3)10)9(6-2)11-4/h6H,2-3,5H2,1,4H3/b9-8+. The zero-order valence-electron chi connectivity index (χ0n) is 6.98. The fourth-order valence-corrected chi connectivity index (χ4v) is 0.829. The fourth-order valence-electron chi connectivity index (χ4n) is 0.829. The van der Waals surface area contributed by atoms with Gasteiger partial charge >= 0.3 is 0 Å². The second kappa shape index (κ2) is 4.72. The predicted molar refractivity (Wildman–Crippen MR) is 44.8 cm³/mol. The topological polar surface area (TPSA) is 9.23 Å². The Hall–Kier alpha value is -1.05. The molecule has 62 valence electrons. The summed E-state index contributed by atoms with van der Waals surface area (Å²) in [4.78, 5) is 0. The Morgan fingerprint density at radius 2 is 2.18 bits per heavy atom. The zero-order chi connectivity index (χ0) is 8.85. The van der Waals surface area contributed by atoms with E-state index in [-0.39, 0.29) is 0 Å². The smallest absolute Gasteiger partial charge is 0.124 e. The van der Waals surface area contributed by atoms with Gasteiger partial charge in [-0.3, -0.25) is 0 Å². The molecular formula is C9H13FO. The molecule has 0 atom stereocenters. The Kier molecular flexibility index (Phi) is 4.27. The summed E-state index contributed by atoms with van der Waals surface area (Å²) in [5.74, 6) is 0.00394. The number of methoxy groups -OCH3 is 1. The summed E-state index contributed by atoms with van der Waals surface area (Å²) < 4.78 is 17.5. The van der Waals surface area contributed by atoms with Crippen LogP contribution in [0.15, 0.2) is 36.4 Å². The molecule has 0 saturated heterocycles. The van der Waals surface area contributed by atoms with E-state index in [9.17, 15) is 4.39 Å². The van der Waals surface area contributed by atoms with Crippen LogP contribution in [0.5, 0.6) is 0 Å². The first-order valence-electron chi connectivity index (χ1n) is 3.41. The molecule has 0 aromatic rings. The second-order valence-corrected chi connectivity index (χ2v) is 2.01. The van der Waals surface area contributed by atoms with E-state index in [0.717, 1.165) is 0 Å². The third kappa shape index (κ3) is 2.58. The number of rotatable bonds is 4. The van der Waals surface area contributed by atoms with Crippen molar-refractivity contribution < 1.29 is 9.13 Å². The van der Waals surface area contributed by atoms with E-state index in [0.29, 0.717) is 17.8 Å². The molecule has 0 rings (SSSR count). The summed E-state index contributed by atoms with van der Waals surface area (Å²) in [6.45, 7) is 8.52. The number of halogens is 1. The number of hydrogen-bond donors (Lipinski definition) is 0. The van der Waals surface area contributed by atoms with Crippen molar-refractivity contribution in [2.24, 2.45) is 0 Å². The molecule has 0 amide bonds. The minimum absolute atomic E-state index is 0.454. The van der Waals surface area contributed by atoms with Crippen molar-refractivity contribution in [1.82, 2.24) is 0 Å². The Bertz CT molecular complexity index is 192. The SMILES string of the molecule is C=C/C(OC)=C(/CC)C(=C)F. The van der Waals surface area contributed by atoms with Gasteiger partial charge in [-0.05, 0) is 12.5 Å². The highest BCUT2D eigenvalue weighted by Gasteiger charge is 2.04. The van der Waals surface area contributed by atoms with Crippen LogP contribution in [0.25, 0.3) is 0 Å². The lowest BCUT2D eigenvalue weighted by Gasteiger charge is -2.06. The first kappa shape index (κ1) is 9.95. The molecule has 11 heavy (non-hydrogen) atoms. The highest BCUT2D eigenvalue weighted by atomic mass is 19.1. The van der Waals surface area contributed by atoms with Crippen LogP contribution in [0.4, 0.5) is 4.39 Å². The van der Waals surface area contributed by atoms with Crippen LogP contribution >= 0.6 is 0 Å². The van der Waals surface area contributed by atoms with Crippen LogP contribution in [0.3, 0.4) is 0 Å². The second-order valence-electron chi connectivity index (χ2n) is 2.01. The molecule has 0 aromatic carbocycles. The van der Waals surface area contributed by atoms with Gasteiger partial charge in [0, 0.05) is 5.57 Å². The maximum atomic E-state index is 12.6. The van der Waals surface area contributed by atoms with Gasteiger partial charge in [0.05, 0.1) is 7.11 Å². The van der Waals surface area contributed by atoms with Crippen LogP contribution in [0.1, 0.15) is 13.3 Å². The van der Waals surface area contributed by atoms with Crippen molar-refractivity contribution in [3.05, 3.63) is 36.4 Å². The summed E-state index contributed by atoms with van der Waals surface area (Å²) in [6, 6.07) is 0. The number of allylic oxidation sites excluding steroid dienone is 3. The minimum Gasteiger partial charge on any atom is -0.496 e. The van der Waals surface area contributed by atoms with Gasteiger partial charge in [-0.1, -0.05) is 20.1 Å². The Balaban J connectivity index is 4.76. The van der Waals surface area contributed by atoms with Gasteiger partial charge in [0.1, 0.15) is 11.6 Å². The maximum Gasteiger partial charge on any atom is 0.124 e. The maximum absolute atomic E-state index is 12.6. The van der Waals surface area contributed by atoms with E-state index in [1.807, 2.05) is 6.92 Å². The van der Waals surface area contributed by atoms with E-state index >= 15 is 0 Å². The molecule has 0 aliphatic carbocycles. The average molecular weight is 156 g/mol. The largest absolute Gasteiger partial charge is 0.496 e. The quantitative estimate of drug-likeness (QED) is 0.449. The summed E-state index contributed by atoms with van der Waals surface area (Å²) in [7, 11) is 1.48. The number of ether oxygens (including phenoxy) is 1. The van der Waals surface area contributed by atoms with Crippen LogP contribution < -0.4 is 0 Å². The molecule has 1 nitrogen and oxygen atoms in total. The lowest BCUT2D eigenvalue weighted by molar-refractivity contribution is 0.300. The molecule has 0 aromatic heterocycles. The van der Waals surface area contributed by atoms with Crippen molar-refractivity contribution in [3.8, 4) is 0 Å². The van der Waals surface area contributed by atoms with Gasteiger partial charge in [-0.15, -0.1) is 0 Å². The molecular weight excluding hydrogens is 143 g/mol. The summed E-state index contributed by atoms with van der Waals surface area (Å²) >= 11 is 0. The fraction of sp³-hybridized carbons (Fsp3) is 0.333. The zero-order valence-corrected chi connectivity index (χ0v) is 6.98. The summed E-state index contributed by atoms with van der Waals surface area (Å²) in [5, 5.41) is 0. The Morgan fingerprint density at radius 1 is 1.64 bits per heavy atom. The van der Waals surface area contributed by atoms with Gasteiger partial charge in [0.15, 0.2) is 0 Å².